The summed E-state index contributed by atoms with van der Waals surface area (Å²) in [6.07, 6.45) is 3.60. The molecule has 1 aromatic carbocycles. The van der Waals surface area contributed by atoms with Crippen molar-refractivity contribution in [2.75, 3.05) is 18.9 Å². The first-order chi connectivity index (χ1) is 11.6. The molecule has 0 radical (unpaired) electrons. The van der Waals surface area contributed by atoms with Crippen molar-refractivity contribution in [1.82, 2.24) is 9.88 Å². The van der Waals surface area contributed by atoms with Crippen LogP contribution in [0.2, 0.25) is 0 Å². The molecule has 24 heavy (non-hydrogen) atoms. The highest BCUT2D eigenvalue weighted by Gasteiger charge is 2.28. The van der Waals surface area contributed by atoms with Crippen molar-refractivity contribution in [2.45, 2.75) is 19.4 Å². The van der Waals surface area contributed by atoms with Crippen molar-refractivity contribution in [1.29, 1.82) is 0 Å². The van der Waals surface area contributed by atoms with E-state index in [9.17, 15) is 9.59 Å². The maximum atomic E-state index is 12.7. The fourth-order valence-electron chi connectivity index (χ4n) is 2.55. The van der Waals surface area contributed by atoms with Gasteiger partial charge in [0.05, 0.1) is 11.3 Å². The molecule has 0 saturated carbocycles. The second kappa shape index (κ2) is 6.70. The van der Waals surface area contributed by atoms with E-state index < -0.39 is 6.10 Å². The van der Waals surface area contributed by atoms with Crippen LogP contribution in [0.25, 0.3) is 0 Å². The zero-order valence-corrected chi connectivity index (χ0v) is 13.7. The van der Waals surface area contributed by atoms with Gasteiger partial charge in [0, 0.05) is 26.0 Å². The number of likely N-dealkylation sites (N-methyl/N-ethyl adjacent to an activating group) is 1. The molecule has 124 valence electrons. The number of amides is 2. The van der Waals surface area contributed by atoms with Crippen LogP contribution in [0.4, 0.5) is 5.69 Å². The lowest BCUT2D eigenvalue weighted by Crippen LogP contribution is -2.36. The Bertz CT molecular complexity index is 761. The summed E-state index contributed by atoms with van der Waals surface area (Å²) in [5.74, 6) is 0.0905. The molecule has 0 fully saturated rings. The third kappa shape index (κ3) is 3.22. The first-order valence-electron chi connectivity index (χ1n) is 7.81. The fourth-order valence-corrected chi connectivity index (χ4v) is 2.55. The molecule has 1 N–H and O–H groups in total. The Morgan fingerprint density at radius 3 is 2.79 bits per heavy atom. The number of carbonyl (C=O) groups is 2. The molecule has 1 aliphatic rings. The number of rotatable bonds is 4. The normalized spacial score (nSPS) is 15.9. The summed E-state index contributed by atoms with van der Waals surface area (Å²) in [6.45, 7) is 2.24. The van der Waals surface area contributed by atoms with E-state index in [4.69, 9.17) is 4.74 Å². The highest BCUT2D eigenvalue weighted by molar-refractivity contribution is 6.03. The Morgan fingerprint density at radius 2 is 2.04 bits per heavy atom. The van der Waals surface area contributed by atoms with Crippen LogP contribution in [-0.2, 0) is 11.2 Å². The number of hydrogen-bond donors (Lipinski definition) is 1. The van der Waals surface area contributed by atoms with E-state index in [1.807, 2.05) is 12.1 Å². The number of aromatic nitrogens is 1. The number of nitrogens with zero attached hydrogens (tertiary/aromatic N) is 2. The molecular formula is C18H19N3O3. The van der Waals surface area contributed by atoms with Gasteiger partial charge in [-0.25, -0.2) is 0 Å². The third-order valence-electron chi connectivity index (χ3n) is 4.00. The van der Waals surface area contributed by atoms with Crippen LogP contribution in [0.1, 0.15) is 22.8 Å². The number of para-hydroxylation sites is 1. The van der Waals surface area contributed by atoms with Crippen LogP contribution in [0.15, 0.2) is 42.7 Å². The van der Waals surface area contributed by atoms with Gasteiger partial charge >= 0.3 is 0 Å². The van der Waals surface area contributed by atoms with Crippen molar-refractivity contribution < 1.29 is 14.3 Å². The van der Waals surface area contributed by atoms with E-state index in [1.54, 1.807) is 49.5 Å². The van der Waals surface area contributed by atoms with Crippen molar-refractivity contribution in [2.24, 2.45) is 0 Å². The second-order valence-corrected chi connectivity index (χ2v) is 5.76. The van der Waals surface area contributed by atoms with E-state index in [0.29, 0.717) is 23.5 Å². The molecule has 6 nitrogen and oxygen atoms in total. The largest absolute Gasteiger partial charge is 0.478 e. The molecular weight excluding hydrogens is 306 g/mol. The van der Waals surface area contributed by atoms with E-state index in [0.717, 1.165) is 12.0 Å². The van der Waals surface area contributed by atoms with Crippen LogP contribution in [0.5, 0.6) is 5.75 Å². The van der Waals surface area contributed by atoms with E-state index in [-0.39, 0.29) is 11.8 Å². The van der Waals surface area contributed by atoms with Gasteiger partial charge in [-0.05, 0) is 43.2 Å². The molecule has 2 aromatic rings. The molecule has 0 bridgehead atoms. The van der Waals surface area contributed by atoms with Gasteiger partial charge in [-0.1, -0.05) is 6.07 Å². The Kier molecular flexibility index (Phi) is 4.46. The zero-order valence-electron chi connectivity index (χ0n) is 13.7. The number of benzene rings is 1. The number of nitrogens with one attached hydrogen (secondary N) is 1. The number of anilines is 1. The SMILES string of the molecule is C[C@@H]1Oc2c(cccc2C(=O)N(C)CCc2ccncc2)NC1=O. The average molecular weight is 325 g/mol. The quantitative estimate of drug-likeness (QED) is 0.934. The number of hydrogen-bond acceptors (Lipinski definition) is 4. The van der Waals surface area contributed by atoms with Crippen LogP contribution < -0.4 is 10.1 Å². The number of pyridine rings is 1. The molecule has 2 heterocycles. The van der Waals surface area contributed by atoms with Crippen molar-refractivity contribution in [3.05, 3.63) is 53.9 Å². The molecule has 0 saturated heterocycles. The number of fused-ring (bicyclic) bond motifs is 1. The van der Waals surface area contributed by atoms with Gasteiger partial charge in [0.15, 0.2) is 11.9 Å². The molecule has 1 aromatic heterocycles. The highest BCUT2D eigenvalue weighted by Crippen LogP contribution is 2.33. The zero-order chi connectivity index (χ0) is 17.1. The minimum atomic E-state index is -0.617. The molecule has 0 unspecified atom stereocenters. The molecule has 0 aliphatic carbocycles. The van der Waals surface area contributed by atoms with Crippen LogP contribution in [0.3, 0.4) is 0 Å². The van der Waals surface area contributed by atoms with Crippen LogP contribution in [-0.4, -0.2) is 41.4 Å². The first kappa shape index (κ1) is 16.0. The molecule has 3 rings (SSSR count). The maximum Gasteiger partial charge on any atom is 0.265 e. The van der Waals surface area contributed by atoms with E-state index >= 15 is 0 Å². The van der Waals surface area contributed by atoms with Gasteiger partial charge < -0.3 is 15.0 Å². The van der Waals surface area contributed by atoms with Gasteiger partial charge in [-0.15, -0.1) is 0 Å². The molecule has 2 amide bonds. The van der Waals surface area contributed by atoms with Crippen LogP contribution >= 0.6 is 0 Å². The van der Waals surface area contributed by atoms with Crippen LogP contribution in [0, 0.1) is 0 Å². The Morgan fingerprint density at radius 1 is 1.29 bits per heavy atom. The summed E-state index contributed by atoms with van der Waals surface area (Å²) >= 11 is 0. The molecule has 1 atom stereocenters. The smallest absolute Gasteiger partial charge is 0.265 e. The number of ether oxygens (including phenoxy) is 1. The maximum absolute atomic E-state index is 12.7. The number of carbonyl (C=O) groups excluding carboxylic acids is 2. The highest BCUT2D eigenvalue weighted by atomic mass is 16.5. The van der Waals surface area contributed by atoms with Crippen molar-refractivity contribution in [3.8, 4) is 5.75 Å². The van der Waals surface area contributed by atoms with E-state index in [1.165, 1.54) is 0 Å². The monoisotopic (exact) mass is 325 g/mol. The molecule has 0 spiro atoms. The van der Waals surface area contributed by atoms with E-state index in [2.05, 4.69) is 10.3 Å². The fraction of sp³-hybridized carbons (Fsp3) is 0.278. The second-order valence-electron chi connectivity index (χ2n) is 5.76. The summed E-state index contributed by atoms with van der Waals surface area (Å²) in [5.41, 5.74) is 2.11. The lowest BCUT2D eigenvalue weighted by molar-refractivity contribution is -0.122. The predicted molar refractivity (Wildman–Crippen MR) is 90.1 cm³/mol. The van der Waals surface area contributed by atoms with Crippen molar-refractivity contribution in [3.63, 3.8) is 0 Å². The minimum absolute atomic E-state index is 0.135. The van der Waals surface area contributed by atoms with Gasteiger partial charge in [0.1, 0.15) is 0 Å². The van der Waals surface area contributed by atoms with Gasteiger partial charge in [0.25, 0.3) is 11.8 Å². The summed E-state index contributed by atoms with van der Waals surface area (Å²) < 4.78 is 5.64. The summed E-state index contributed by atoms with van der Waals surface area (Å²) in [6, 6.07) is 9.05. The lowest BCUT2D eigenvalue weighted by atomic mass is 10.1. The summed E-state index contributed by atoms with van der Waals surface area (Å²) in [5, 5.41) is 2.76. The Labute approximate surface area is 140 Å². The Hall–Kier alpha value is -2.89. The van der Waals surface area contributed by atoms with Gasteiger partial charge in [-0.3, -0.25) is 14.6 Å². The van der Waals surface area contributed by atoms with Gasteiger partial charge in [0.2, 0.25) is 0 Å². The first-order valence-corrected chi connectivity index (χ1v) is 7.81. The Balaban J connectivity index is 1.75. The summed E-state index contributed by atoms with van der Waals surface area (Å²) in [4.78, 5) is 30.1. The minimum Gasteiger partial charge on any atom is -0.478 e. The standard InChI is InChI=1S/C18H19N3O3/c1-12-17(22)20-15-5-3-4-14(16(15)24-12)18(23)21(2)11-8-13-6-9-19-10-7-13/h3-7,9-10,12H,8,11H2,1-2H3,(H,20,22)/t12-/m0/s1. The van der Waals surface area contributed by atoms with Crippen molar-refractivity contribution >= 4 is 17.5 Å². The molecule has 1 aliphatic heterocycles. The molecule has 6 heteroatoms. The third-order valence-corrected chi connectivity index (χ3v) is 4.00. The lowest BCUT2D eigenvalue weighted by Gasteiger charge is -2.26. The summed E-state index contributed by atoms with van der Waals surface area (Å²) in [7, 11) is 1.76. The predicted octanol–water partition coefficient (Wildman–Crippen LogP) is 2.12. The topological polar surface area (TPSA) is 71.5 Å². The average Bonchev–Trinajstić information content (AvgIpc) is 2.60. The van der Waals surface area contributed by atoms with Gasteiger partial charge in [-0.2, -0.15) is 0 Å².